The van der Waals surface area contributed by atoms with Gasteiger partial charge in [-0.05, 0) is 50.7 Å². The van der Waals surface area contributed by atoms with Gasteiger partial charge in [0.2, 0.25) is 0 Å². The third kappa shape index (κ3) is 5.30. The maximum Gasteiger partial charge on any atom is 0.261 e. The van der Waals surface area contributed by atoms with Crippen molar-refractivity contribution < 1.29 is 4.79 Å². The van der Waals surface area contributed by atoms with E-state index in [0.717, 1.165) is 37.2 Å². The van der Waals surface area contributed by atoms with Crippen molar-refractivity contribution in [1.82, 2.24) is 4.57 Å². The van der Waals surface area contributed by atoms with Gasteiger partial charge in [-0.15, -0.1) is 0 Å². The van der Waals surface area contributed by atoms with E-state index in [4.69, 9.17) is 11.6 Å². The molecule has 1 aromatic heterocycles. The van der Waals surface area contributed by atoms with Gasteiger partial charge in [-0.1, -0.05) is 56.3 Å². The van der Waals surface area contributed by atoms with Gasteiger partial charge in [-0.2, -0.15) is 0 Å². The van der Waals surface area contributed by atoms with Crippen LogP contribution in [0.15, 0.2) is 35.1 Å². The van der Waals surface area contributed by atoms with E-state index in [2.05, 4.69) is 16.8 Å². The number of hydrogen-bond donors (Lipinski definition) is 1. The Hall–Kier alpha value is -2.07. The average molecular weight is 415 g/mol. The van der Waals surface area contributed by atoms with Crippen LogP contribution in [0.1, 0.15) is 73.6 Å². The number of nitrogens with one attached hydrogen (secondary N) is 1. The Bertz CT molecular complexity index is 914. The molecule has 0 aliphatic heterocycles. The van der Waals surface area contributed by atoms with Crippen LogP contribution in [0.4, 0.5) is 5.69 Å². The van der Waals surface area contributed by atoms with Gasteiger partial charge in [0, 0.05) is 24.0 Å². The molecule has 1 aromatic carbocycles. The summed E-state index contributed by atoms with van der Waals surface area (Å²) < 4.78 is 2.23. The van der Waals surface area contributed by atoms with Crippen molar-refractivity contribution in [2.75, 3.05) is 5.32 Å². The number of nitrogens with zero attached hydrogens (tertiary/aromatic N) is 1. The van der Waals surface area contributed by atoms with E-state index in [1.54, 1.807) is 18.2 Å². The highest BCUT2D eigenvalue weighted by molar-refractivity contribution is 6.33. The second-order valence-electron chi connectivity index (χ2n) is 8.12. The van der Waals surface area contributed by atoms with E-state index >= 15 is 0 Å². The molecule has 1 aliphatic rings. The largest absolute Gasteiger partial charge is 0.348 e. The molecule has 0 spiro atoms. The molecule has 0 saturated heterocycles. The predicted octanol–water partition coefficient (Wildman–Crippen LogP) is 5.99. The summed E-state index contributed by atoms with van der Waals surface area (Å²) in [6, 6.07) is 8.72. The summed E-state index contributed by atoms with van der Waals surface area (Å²) >= 11 is 6.21. The van der Waals surface area contributed by atoms with Crippen LogP contribution in [-0.2, 0) is 13.0 Å². The van der Waals surface area contributed by atoms with Crippen molar-refractivity contribution in [1.29, 1.82) is 0 Å². The molecule has 1 saturated carbocycles. The van der Waals surface area contributed by atoms with E-state index in [1.165, 1.54) is 32.1 Å². The molecule has 4 nitrogen and oxygen atoms in total. The zero-order chi connectivity index (χ0) is 20.8. The fourth-order valence-electron chi connectivity index (χ4n) is 4.31. The molecule has 1 aliphatic carbocycles. The summed E-state index contributed by atoms with van der Waals surface area (Å²) in [5.41, 5.74) is 2.39. The van der Waals surface area contributed by atoms with E-state index in [-0.39, 0.29) is 16.9 Å². The number of hydrogen-bond acceptors (Lipinski definition) is 2. The molecule has 0 unspecified atom stereocenters. The molecule has 156 valence electrons. The predicted molar refractivity (Wildman–Crippen MR) is 120 cm³/mol. The Labute approximate surface area is 178 Å². The maximum absolute atomic E-state index is 13.1. The highest BCUT2D eigenvalue weighted by Gasteiger charge is 2.23. The van der Waals surface area contributed by atoms with Crippen LogP contribution < -0.4 is 10.7 Å². The zero-order valence-corrected chi connectivity index (χ0v) is 18.2. The van der Waals surface area contributed by atoms with Gasteiger partial charge in [0.25, 0.3) is 5.91 Å². The molecule has 1 amide bonds. The minimum absolute atomic E-state index is 0.210. The van der Waals surface area contributed by atoms with Crippen molar-refractivity contribution in [3.8, 4) is 0 Å². The summed E-state index contributed by atoms with van der Waals surface area (Å²) in [4.78, 5) is 26.0. The highest BCUT2D eigenvalue weighted by Crippen LogP contribution is 2.27. The summed E-state index contributed by atoms with van der Waals surface area (Å²) in [5.74, 6) is 0.247. The van der Waals surface area contributed by atoms with Crippen molar-refractivity contribution in [3.63, 3.8) is 0 Å². The van der Waals surface area contributed by atoms with Crippen LogP contribution in [0, 0.1) is 12.8 Å². The standard InChI is InChI=1S/C24H31ClN2O2/c1-3-4-14-21-23(24(29)26-20-13-9-8-12-19(20)25)22(28)15-17(2)27(21)16-18-10-6-5-7-11-18/h8-9,12-13,15,18H,3-7,10-11,14,16H2,1-2H3,(H,26,29). The maximum atomic E-state index is 13.1. The smallest absolute Gasteiger partial charge is 0.261 e. The van der Waals surface area contributed by atoms with Gasteiger partial charge in [-0.3, -0.25) is 9.59 Å². The van der Waals surface area contributed by atoms with Gasteiger partial charge in [0.05, 0.1) is 10.7 Å². The quantitative estimate of drug-likeness (QED) is 0.605. The number of carbonyl (C=O) groups excluding carboxylic acids is 1. The molecule has 5 heteroatoms. The van der Waals surface area contributed by atoms with Gasteiger partial charge < -0.3 is 9.88 Å². The second kappa shape index (κ2) is 10.1. The van der Waals surface area contributed by atoms with Crippen LogP contribution in [0.5, 0.6) is 0 Å². The highest BCUT2D eigenvalue weighted by atomic mass is 35.5. The average Bonchev–Trinajstić information content (AvgIpc) is 2.71. The zero-order valence-electron chi connectivity index (χ0n) is 17.5. The summed E-state index contributed by atoms with van der Waals surface area (Å²) in [5, 5.41) is 3.31. The normalized spacial score (nSPS) is 14.7. The minimum Gasteiger partial charge on any atom is -0.348 e. The number of halogens is 1. The first-order valence-corrected chi connectivity index (χ1v) is 11.2. The SMILES string of the molecule is CCCCc1c(C(=O)Nc2ccccc2Cl)c(=O)cc(C)n1CC1CCCCC1. The Balaban J connectivity index is 1.99. The van der Waals surface area contributed by atoms with E-state index in [1.807, 2.05) is 19.1 Å². The lowest BCUT2D eigenvalue weighted by Crippen LogP contribution is -2.30. The Morgan fingerprint density at radius 3 is 2.62 bits per heavy atom. The number of aromatic nitrogens is 1. The third-order valence-electron chi connectivity index (χ3n) is 5.91. The fraction of sp³-hybridized carbons (Fsp3) is 0.500. The first-order valence-electron chi connectivity index (χ1n) is 10.8. The van der Waals surface area contributed by atoms with E-state index < -0.39 is 0 Å². The second-order valence-corrected chi connectivity index (χ2v) is 8.53. The van der Waals surface area contributed by atoms with E-state index in [0.29, 0.717) is 16.6 Å². The van der Waals surface area contributed by atoms with Crippen LogP contribution in [0.25, 0.3) is 0 Å². The molecule has 0 atom stereocenters. The van der Waals surface area contributed by atoms with Gasteiger partial charge >= 0.3 is 0 Å². The lowest BCUT2D eigenvalue weighted by Gasteiger charge is -2.27. The van der Waals surface area contributed by atoms with Gasteiger partial charge in [0.15, 0.2) is 5.43 Å². The molecule has 1 fully saturated rings. The van der Waals surface area contributed by atoms with Gasteiger partial charge in [-0.25, -0.2) is 0 Å². The molecule has 0 bridgehead atoms. The van der Waals surface area contributed by atoms with Crippen molar-refractivity contribution in [2.24, 2.45) is 5.92 Å². The number of rotatable bonds is 7. The Morgan fingerprint density at radius 1 is 1.21 bits per heavy atom. The van der Waals surface area contributed by atoms with Gasteiger partial charge in [0.1, 0.15) is 5.56 Å². The minimum atomic E-state index is -0.369. The number of carbonyl (C=O) groups is 1. The number of benzene rings is 1. The van der Waals surface area contributed by atoms with E-state index in [9.17, 15) is 9.59 Å². The summed E-state index contributed by atoms with van der Waals surface area (Å²) in [7, 11) is 0. The van der Waals surface area contributed by atoms with Crippen LogP contribution >= 0.6 is 11.6 Å². The van der Waals surface area contributed by atoms with Crippen LogP contribution in [0.2, 0.25) is 5.02 Å². The molecule has 0 radical (unpaired) electrons. The van der Waals surface area contributed by atoms with Crippen molar-refractivity contribution in [3.05, 3.63) is 62.5 Å². The van der Waals surface area contributed by atoms with Crippen molar-refractivity contribution >= 4 is 23.2 Å². The number of unbranched alkanes of at least 4 members (excludes halogenated alkanes) is 1. The molecular weight excluding hydrogens is 384 g/mol. The molecule has 1 heterocycles. The topological polar surface area (TPSA) is 51.1 Å². The monoisotopic (exact) mass is 414 g/mol. The number of amides is 1. The number of aryl methyl sites for hydroxylation is 1. The molecule has 29 heavy (non-hydrogen) atoms. The number of para-hydroxylation sites is 1. The fourth-order valence-corrected chi connectivity index (χ4v) is 4.49. The molecular formula is C24H31ClN2O2. The lowest BCUT2D eigenvalue weighted by atomic mass is 9.89. The van der Waals surface area contributed by atoms with Crippen LogP contribution in [0.3, 0.4) is 0 Å². The number of anilines is 1. The van der Waals surface area contributed by atoms with Crippen molar-refractivity contribution in [2.45, 2.75) is 71.8 Å². The first kappa shape index (κ1) is 21.6. The third-order valence-corrected chi connectivity index (χ3v) is 6.24. The molecule has 2 aromatic rings. The Kier molecular flexibility index (Phi) is 7.54. The van der Waals surface area contributed by atoms with Crippen LogP contribution in [-0.4, -0.2) is 10.5 Å². The summed E-state index contributed by atoms with van der Waals surface area (Å²) in [6.07, 6.45) is 8.98. The molecule has 3 rings (SSSR count). The lowest BCUT2D eigenvalue weighted by molar-refractivity contribution is 0.102. The summed E-state index contributed by atoms with van der Waals surface area (Å²) in [6.45, 7) is 5.00. The Morgan fingerprint density at radius 2 is 1.93 bits per heavy atom. The number of pyridine rings is 1. The molecule has 1 N–H and O–H groups in total. The first-order chi connectivity index (χ1) is 14.0.